The summed E-state index contributed by atoms with van der Waals surface area (Å²) in [6.07, 6.45) is 13.3. The summed E-state index contributed by atoms with van der Waals surface area (Å²) in [6.45, 7) is 0. The van der Waals surface area contributed by atoms with Gasteiger partial charge in [-0.3, -0.25) is 19.9 Å². The van der Waals surface area contributed by atoms with E-state index in [0.717, 1.165) is 57.5 Å². The number of benzene rings is 1. The van der Waals surface area contributed by atoms with Gasteiger partial charge in [-0.15, -0.1) is 0 Å². The SMILES string of the molecule is O=C(CC1CCCCC1)Nc1cncc(-c2cc3c(C4=C5NC5c5c(-c6ccccc6F)ccnc5N4)n[nH]c3cn2)c1. The molecule has 0 spiro atoms. The predicted molar refractivity (Wildman–Crippen MR) is 163 cm³/mol. The van der Waals surface area contributed by atoms with Crippen LogP contribution in [0.5, 0.6) is 0 Å². The van der Waals surface area contributed by atoms with Crippen LogP contribution in [0, 0.1) is 11.7 Å². The number of carbonyl (C=O) groups is 1. The second-order valence-corrected chi connectivity index (χ2v) is 11.5. The van der Waals surface area contributed by atoms with Crippen LogP contribution in [0.4, 0.5) is 15.9 Å². The Bertz CT molecular complexity index is 1930. The Balaban J connectivity index is 1.08. The summed E-state index contributed by atoms with van der Waals surface area (Å²) < 4.78 is 14.7. The molecule has 4 aromatic heterocycles. The lowest BCUT2D eigenvalue weighted by molar-refractivity contribution is -0.117. The zero-order chi connectivity index (χ0) is 28.9. The molecular weight excluding hydrogens is 543 g/mol. The fraction of sp³-hybridized carbons (Fsp3) is 0.242. The van der Waals surface area contributed by atoms with Gasteiger partial charge in [0.2, 0.25) is 5.91 Å². The normalized spacial score (nSPS) is 17.6. The molecule has 2 aliphatic heterocycles. The number of halogens is 1. The number of nitrogens with zero attached hydrogens (tertiary/aromatic N) is 4. The van der Waals surface area contributed by atoms with Crippen LogP contribution in [0.15, 0.2) is 72.9 Å². The molecule has 0 radical (unpaired) electrons. The smallest absolute Gasteiger partial charge is 0.224 e. The predicted octanol–water partition coefficient (Wildman–Crippen LogP) is 6.57. The highest BCUT2D eigenvalue weighted by Crippen LogP contribution is 2.50. The highest BCUT2D eigenvalue weighted by molar-refractivity contribution is 5.99. The Labute approximate surface area is 247 Å². The average molecular weight is 573 g/mol. The monoisotopic (exact) mass is 572 g/mol. The minimum absolute atomic E-state index is 0.0294. The van der Waals surface area contributed by atoms with Crippen molar-refractivity contribution >= 4 is 34.0 Å². The van der Waals surface area contributed by atoms with E-state index in [9.17, 15) is 9.18 Å². The van der Waals surface area contributed by atoms with Gasteiger partial charge in [0.05, 0.1) is 46.7 Å². The summed E-state index contributed by atoms with van der Waals surface area (Å²) in [5, 5.41) is 18.5. The molecule has 6 heterocycles. The second-order valence-electron chi connectivity index (χ2n) is 11.5. The number of H-pyrrole nitrogens is 1. The number of pyridine rings is 3. The van der Waals surface area contributed by atoms with Gasteiger partial charge < -0.3 is 16.0 Å². The molecule has 1 aromatic carbocycles. The zero-order valence-electron chi connectivity index (χ0n) is 23.3. The van der Waals surface area contributed by atoms with Gasteiger partial charge in [0, 0.05) is 40.9 Å². The largest absolute Gasteiger partial charge is 0.372 e. The van der Waals surface area contributed by atoms with Crippen molar-refractivity contribution in [2.45, 2.75) is 44.6 Å². The summed E-state index contributed by atoms with van der Waals surface area (Å²) in [7, 11) is 0. The number of amides is 1. The first-order valence-corrected chi connectivity index (χ1v) is 14.7. The summed E-state index contributed by atoms with van der Waals surface area (Å²) in [5.41, 5.74) is 7.75. The number of aromatic amines is 1. The fourth-order valence-corrected chi connectivity index (χ4v) is 6.48. The molecule has 1 saturated carbocycles. The van der Waals surface area contributed by atoms with Crippen LogP contribution in [0.2, 0.25) is 0 Å². The van der Waals surface area contributed by atoms with Gasteiger partial charge in [-0.1, -0.05) is 37.5 Å². The molecule has 2 fully saturated rings. The van der Waals surface area contributed by atoms with Crippen LogP contribution in [-0.2, 0) is 4.79 Å². The van der Waals surface area contributed by atoms with Gasteiger partial charge in [0.1, 0.15) is 17.3 Å². The van der Waals surface area contributed by atoms with Gasteiger partial charge in [0.15, 0.2) is 0 Å². The van der Waals surface area contributed by atoms with Crippen molar-refractivity contribution in [3.63, 3.8) is 0 Å². The molecule has 9 nitrogen and oxygen atoms in total. The third kappa shape index (κ3) is 4.68. The Morgan fingerprint density at radius 3 is 2.77 bits per heavy atom. The van der Waals surface area contributed by atoms with E-state index in [4.69, 9.17) is 0 Å². The summed E-state index contributed by atoms with van der Waals surface area (Å²) in [4.78, 5) is 26.3. The summed E-state index contributed by atoms with van der Waals surface area (Å²) in [5.74, 6) is 0.891. The first kappa shape index (κ1) is 25.6. The molecule has 1 aliphatic carbocycles. The van der Waals surface area contributed by atoms with Crippen molar-refractivity contribution in [3.05, 3.63) is 90.0 Å². The minimum Gasteiger partial charge on any atom is -0.372 e. The third-order valence-electron chi connectivity index (χ3n) is 8.66. The van der Waals surface area contributed by atoms with Crippen molar-refractivity contribution in [3.8, 4) is 22.4 Å². The lowest BCUT2D eigenvalue weighted by Gasteiger charge is -2.20. The molecule has 3 aliphatic rings. The van der Waals surface area contributed by atoms with E-state index in [1.54, 1.807) is 36.9 Å². The number of anilines is 2. The molecule has 1 amide bonds. The van der Waals surface area contributed by atoms with E-state index in [0.29, 0.717) is 35.1 Å². The van der Waals surface area contributed by atoms with Gasteiger partial charge in [-0.25, -0.2) is 9.37 Å². The average Bonchev–Trinajstić information content (AvgIpc) is 3.73. The van der Waals surface area contributed by atoms with Crippen molar-refractivity contribution in [1.82, 2.24) is 30.5 Å². The van der Waals surface area contributed by atoms with E-state index in [-0.39, 0.29) is 17.8 Å². The fourth-order valence-electron chi connectivity index (χ4n) is 6.48. The Hall–Kier alpha value is -5.12. The molecular formula is C33H29FN8O. The van der Waals surface area contributed by atoms with Crippen LogP contribution in [0.1, 0.15) is 55.8 Å². The van der Waals surface area contributed by atoms with E-state index in [1.165, 1.54) is 25.3 Å². The lowest BCUT2D eigenvalue weighted by Crippen LogP contribution is -2.18. The van der Waals surface area contributed by atoms with Crippen LogP contribution in [-0.4, -0.2) is 31.1 Å². The van der Waals surface area contributed by atoms with Crippen molar-refractivity contribution in [2.75, 3.05) is 10.6 Å². The number of aromatic nitrogens is 5. The van der Waals surface area contributed by atoms with E-state index < -0.39 is 0 Å². The first-order valence-electron chi connectivity index (χ1n) is 14.7. The quantitative estimate of drug-likeness (QED) is 0.169. The Kier molecular flexibility index (Phi) is 6.13. The molecule has 1 saturated heterocycles. The summed E-state index contributed by atoms with van der Waals surface area (Å²) >= 11 is 0. The molecule has 1 atom stereocenters. The third-order valence-corrected chi connectivity index (χ3v) is 8.66. The molecule has 4 N–H and O–H groups in total. The molecule has 0 bridgehead atoms. The lowest BCUT2D eigenvalue weighted by atomic mass is 9.87. The molecule has 5 aromatic rings. The number of hydrogen-bond acceptors (Lipinski definition) is 7. The molecule has 1 unspecified atom stereocenters. The number of fused-ring (bicyclic) bond motifs is 4. The van der Waals surface area contributed by atoms with Crippen LogP contribution in [0.25, 0.3) is 39.0 Å². The highest BCUT2D eigenvalue weighted by Gasteiger charge is 2.43. The van der Waals surface area contributed by atoms with E-state index >= 15 is 0 Å². The number of carbonyl (C=O) groups excluding carboxylic acids is 1. The Morgan fingerprint density at radius 2 is 1.88 bits per heavy atom. The summed E-state index contributed by atoms with van der Waals surface area (Å²) in [6, 6.07) is 12.4. The maximum absolute atomic E-state index is 14.7. The maximum Gasteiger partial charge on any atom is 0.224 e. The molecule has 10 heteroatoms. The molecule has 43 heavy (non-hydrogen) atoms. The Morgan fingerprint density at radius 1 is 1.00 bits per heavy atom. The topological polar surface area (TPSA) is 130 Å². The van der Waals surface area contributed by atoms with Crippen LogP contribution >= 0.6 is 0 Å². The number of rotatable bonds is 6. The van der Waals surface area contributed by atoms with E-state index in [2.05, 4.69) is 41.1 Å². The standard InChI is InChI=1S/C33H29FN8O/c34-24-9-5-4-8-21(24)22-10-11-36-33-28(22)30-32(39-30)31(40-33)29-23-14-25(37-17-26(23)41-42-29)19-13-20(16-35-15-19)38-27(43)12-18-6-2-1-3-7-18/h4-5,8-11,13-18,30,39H,1-3,6-7,12H2,(H,36,40)(H,38,43)(H,41,42). The van der Waals surface area contributed by atoms with Crippen molar-refractivity contribution < 1.29 is 9.18 Å². The van der Waals surface area contributed by atoms with Gasteiger partial charge >= 0.3 is 0 Å². The van der Waals surface area contributed by atoms with Crippen molar-refractivity contribution in [1.29, 1.82) is 0 Å². The minimum atomic E-state index is -0.270. The van der Waals surface area contributed by atoms with Crippen LogP contribution < -0.4 is 16.0 Å². The molecule has 214 valence electrons. The number of nitrogens with one attached hydrogen (secondary N) is 4. The maximum atomic E-state index is 14.7. The van der Waals surface area contributed by atoms with Gasteiger partial charge in [0.25, 0.3) is 0 Å². The van der Waals surface area contributed by atoms with Crippen LogP contribution in [0.3, 0.4) is 0 Å². The zero-order valence-corrected chi connectivity index (χ0v) is 23.3. The second kappa shape index (κ2) is 10.3. The first-order chi connectivity index (χ1) is 21.1. The van der Waals surface area contributed by atoms with Crippen molar-refractivity contribution in [2.24, 2.45) is 5.92 Å². The van der Waals surface area contributed by atoms with Gasteiger partial charge in [-0.05, 0) is 48.6 Å². The number of hydrogen-bond donors (Lipinski definition) is 4. The van der Waals surface area contributed by atoms with E-state index in [1.807, 2.05) is 24.3 Å². The molecule has 8 rings (SSSR count). The van der Waals surface area contributed by atoms with Gasteiger partial charge in [-0.2, -0.15) is 5.10 Å². The highest BCUT2D eigenvalue weighted by atomic mass is 19.1.